The fourth-order valence-electron chi connectivity index (χ4n) is 1.90. The Morgan fingerprint density at radius 1 is 1.05 bits per heavy atom. The summed E-state index contributed by atoms with van der Waals surface area (Å²) in [7, 11) is 0. The van der Waals surface area contributed by atoms with Crippen LogP contribution in [-0.4, -0.2) is 15.1 Å². The lowest BCUT2D eigenvalue weighted by Crippen LogP contribution is -2.09. The molecule has 20 heavy (non-hydrogen) atoms. The number of para-hydroxylation sites is 2. The second-order valence-corrected chi connectivity index (χ2v) is 3.91. The number of hydrogen-bond acceptors (Lipinski definition) is 7. The SMILES string of the molecule is NOc1ccc2nc3ccccc3nc2c1O[N+](=O)[O-]. The van der Waals surface area contributed by atoms with Gasteiger partial charge in [0.1, 0.15) is 5.52 Å². The lowest BCUT2D eigenvalue weighted by molar-refractivity contribution is -0.710. The molecule has 0 aliphatic heterocycles. The van der Waals surface area contributed by atoms with Crippen molar-refractivity contribution in [1.29, 1.82) is 0 Å². The van der Waals surface area contributed by atoms with Crippen LogP contribution in [0.2, 0.25) is 0 Å². The maximum atomic E-state index is 10.6. The van der Waals surface area contributed by atoms with Crippen LogP contribution in [-0.2, 0) is 0 Å². The van der Waals surface area contributed by atoms with Crippen molar-refractivity contribution in [2.75, 3.05) is 0 Å². The molecular formula is C12H8N4O4. The first-order valence-corrected chi connectivity index (χ1v) is 5.57. The molecule has 3 aromatic rings. The van der Waals surface area contributed by atoms with Gasteiger partial charge < -0.3 is 4.84 Å². The summed E-state index contributed by atoms with van der Waals surface area (Å²) in [6, 6.07) is 10.2. The van der Waals surface area contributed by atoms with Crippen molar-refractivity contribution in [2.24, 2.45) is 5.90 Å². The molecule has 1 aromatic heterocycles. The number of hydrogen-bond donors (Lipinski definition) is 1. The second-order valence-electron chi connectivity index (χ2n) is 3.91. The molecule has 0 atom stereocenters. The van der Waals surface area contributed by atoms with Gasteiger partial charge >= 0.3 is 0 Å². The van der Waals surface area contributed by atoms with Gasteiger partial charge in [0.2, 0.25) is 0 Å². The molecule has 100 valence electrons. The smallest absolute Gasteiger partial charge is 0.300 e. The molecule has 8 nitrogen and oxygen atoms in total. The maximum Gasteiger partial charge on any atom is 0.300 e. The zero-order chi connectivity index (χ0) is 14.1. The molecule has 0 radical (unpaired) electrons. The van der Waals surface area contributed by atoms with Crippen LogP contribution in [0.15, 0.2) is 36.4 Å². The highest BCUT2D eigenvalue weighted by Crippen LogP contribution is 2.34. The van der Waals surface area contributed by atoms with E-state index >= 15 is 0 Å². The van der Waals surface area contributed by atoms with E-state index in [9.17, 15) is 10.1 Å². The first-order chi connectivity index (χ1) is 9.69. The summed E-state index contributed by atoms with van der Waals surface area (Å²) >= 11 is 0. The van der Waals surface area contributed by atoms with Gasteiger partial charge in [-0.05, 0) is 24.3 Å². The molecule has 2 N–H and O–H groups in total. The standard InChI is InChI=1S/C12H8N4O4/c13-19-10-6-5-9-11(12(10)20-16(17)18)15-8-4-2-1-3-7(8)14-9/h1-6H,13H2. The minimum atomic E-state index is -0.950. The largest absolute Gasteiger partial charge is 0.409 e. The molecule has 0 fully saturated rings. The zero-order valence-corrected chi connectivity index (χ0v) is 10.0. The zero-order valence-electron chi connectivity index (χ0n) is 10.0. The Kier molecular flexibility index (Phi) is 2.77. The Hall–Kier alpha value is -3.00. The molecule has 0 amide bonds. The summed E-state index contributed by atoms with van der Waals surface area (Å²) in [4.78, 5) is 28.3. The monoisotopic (exact) mass is 272 g/mol. The van der Waals surface area contributed by atoms with Gasteiger partial charge in [-0.15, -0.1) is 10.1 Å². The summed E-state index contributed by atoms with van der Waals surface area (Å²) in [5, 5.41) is 9.63. The van der Waals surface area contributed by atoms with E-state index in [0.717, 1.165) is 0 Å². The van der Waals surface area contributed by atoms with E-state index < -0.39 is 5.09 Å². The Bertz CT molecular complexity index is 821. The van der Waals surface area contributed by atoms with Crippen LogP contribution in [0.3, 0.4) is 0 Å². The molecule has 0 saturated heterocycles. The quantitative estimate of drug-likeness (QED) is 0.437. The van der Waals surface area contributed by atoms with Gasteiger partial charge in [-0.25, -0.2) is 9.97 Å². The summed E-state index contributed by atoms with van der Waals surface area (Å²) in [6.45, 7) is 0. The highest BCUT2D eigenvalue weighted by molar-refractivity contribution is 5.91. The average Bonchev–Trinajstić information content (AvgIpc) is 2.45. The Labute approximate surface area is 111 Å². The number of nitrogens with zero attached hydrogens (tertiary/aromatic N) is 3. The van der Waals surface area contributed by atoms with Crippen LogP contribution < -0.4 is 15.6 Å². The average molecular weight is 272 g/mol. The van der Waals surface area contributed by atoms with Crippen molar-refractivity contribution in [2.45, 2.75) is 0 Å². The van der Waals surface area contributed by atoms with Crippen molar-refractivity contribution in [3.8, 4) is 11.5 Å². The highest BCUT2D eigenvalue weighted by Gasteiger charge is 2.16. The number of aromatic nitrogens is 2. The van der Waals surface area contributed by atoms with Gasteiger partial charge in [0.25, 0.3) is 5.09 Å². The van der Waals surface area contributed by atoms with E-state index in [1.807, 2.05) is 6.07 Å². The molecule has 8 heteroatoms. The molecule has 0 unspecified atom stereocenters. The lowest BCUT2D eigenvalue weighted by Gasteiger charge is -2.08. The van der Waals surface area contributed by atoms with Crippen molar-refractivity contribution in [1.82, 2.24) is 9.97 Å². The first kappa shape index (κ1) is 12.1. The minimum Gasteiger partial charge on any atom is -0.409 e. The van der Waals surface area contributed by atoms with Crippen molar-refractivity contribution in [3.05, 3.63) is 46.5 Å². The van der Waals surface area contributed by atoms with E-state index in [4.69, 9.17) is 5.90 Å². The Morgan fingerprint density at radius 3 is 2.40 bits per heavy atom. The van der Waals surface area contributed by atoms with Crippen LogP contribution in [0.5, 0.6) is 11.5 Å². The minimum absolute atomic E-state index is 0.0128. The number of rotatable bonds is 3. The number of fused-ring (bicyclic) bond motifs is 2. The van der Waals surface area contributed by atoms with Gasteiger partial charge in [0.15, 0.2) is 11.5 Å². The van der Waals surface area contributed by atoms with Gasteiger partial charge in [-0.2, -0.15) is 5.90 Å². The van der Waals surface area contributed by atoms with Gasteiger partial charge in [-0.1, -0.05) is 12.1 Å². The van der Waals surface area contributed by atoms with Crippen LogP contribution in [0, 0.1) is 10.1 Å². The molecule has 0 saturated carbocycles. The summed E-state index contributed by atoms with van der Waals surface area (Å²) in [5.41, 5.74) is 1.92. The predicted octanol–water partition coefficient (Wildman–Crippen LogP) is 1.61. The van der Waals surface area contributed by atoms with Crippen LogP contribution in [0.1, 0.15) is 0 Å². The molecule has 0 bridgehead atoms. The van der Waals surface area contributed by atoms with Gasteiger partial charge in [0.05, 0.1) is 16.6 Å². The summed E-state index contributed by atoms with van der Waals surface area (Å²) in [5.74, 6) is 4.92. The summed E-state index contributed by atoms with van der Waals surface area (Å²) < 4.78 is 0. The van der Waals surface area contributed by atoms with Crippen molar-refractivity contribution >= 4 is 22.1 Å². The van der Waals surface area contributed by atoms with Crippen LogP contribution in [0.25, 0.3) is 22.1 Å². The van der Waals surface area contributed by atoms with E-state index in [1.165, 1.54) is 6.07 Å². The molecule has 3 rings (SSSR count). The third kappa shape index (κ3) is 1.93. The normalized spacial score (nSPS) is 10.7. The molecule has 2 aromatic carbocycles. The first-order valence-electron chi connectivity index (χ1n) is 5.57. The van der Waals surface area contributed by atoms with E-state index in [1.54, 1.807) is 24.3 Å². The predicted molar refractivity (Wildman–Crippen MR) is 69.5 cm³/mol. The van der Waals surface area contributed by atoms with Crippen LogP contribution >= 0.6 is 0 Å². The molecule has 0 aliphatic rings. The van der Waals surface area contributed by atoms with Gasteiger partial charge in [-0.3, -0.25) is 4.84 Å². The third-order valence-corrected chi connectivity index (χ3v) is 2.72. The molecule has 0 spiro atoms. The highest BCUT2D eigenvalue weighted by atomic mass is 17.0. The molecule has 0 aliphatic carbocycles. The Balaban J connectivity index is 2.36. The van der Waals surface area contributed by atoms with Gasteiger partial charge in [0, 0.05) is 0 Å². The fourth-order valence-corrected chi connectivity index (χ4v) is 1.90. The van der Waals surface area contributed by atoms with E-state index in [0.29, 0.717) is 16.6 Å². The second kappa shape index (κ2) is 4.59. The fraction of sp³-hybridized carbons (Fsp3) is 0. The van der Waals surface area contributed by atoms with Crippen molar-refractivity contribution in [3.63, 3.8) is 0 Å². The number of nitrogens with two attached hydrogens (primary N) is 1. The maximum absolute atomic E-state index is 10.6. The summed E-state index contributed by atoms with van der Waals surface area (Å²) in [6.07, 6.45) is 0. The number of benzene rings is 2. The molecule has 1 heterocycles. The van der Waals surface area contributed by atoms with E-state index in [2.05, 4.69) is 19.6 Å². The third-order valence-electron chi connectivity index (χ3n) is 2.72. The van der Waals surface area contributed by atoms with Crippen LogP contribution in [0.4, 0.5) is 0 Å². The Morgan fingerprint density at radius 2 is 1.75 bits per heavy atom. The van der Waals surface area contributed by atoms with E-state index in [-0.39, 0.29) is 17.0 Å². The molecular weight excluding hydrogens is 264 g/mol. The van der Waals surface area contributed by atoms with Crippen molar-refractivity contribution < 1.29 is 14.8 Å². The topological polar surface area (TPSA) is 113 Å². The lowest BCUT2D eigenvalue weighted by atomic mass is 10.2.